The van der Waals surface area contributed by atoms with Gasteiger partial charge in [0.15, 0.2) is 0 Å². The topological polar surface area (TPSA) is 90.4 Å². The van der Waals surface area contributed by atoms with E-state index >= 15 is 0 Å². The number of nitrogens with two attached hydrogens (primary N) is 1. The Balaban J connectivity index is 2.44. The quantitative estimate of drug-likeness (QED) is 0.558. The first-order valence-electron chi connectivity index (χ1n) is 8.82. The average molecular weight is 444 g/mol. The molecule has 0 fully saturated rings. The van der Waals surface area contributed by atoms with Crippen molar-refractivity contribution in [1.29, 1.82) is 5.26 Å². The summed E-state index contributed by atoms with van der Waals surface area (Å²) in [6, 6.07) is 10.7. The van der Waals surface area contributed by atoms with E-state index in [4.69, 9.17) is 43.1 Å². The van der Waals surface area contributed by atoms with Crippen molar-refractivity contribution in [1.82, 2.24) is 4.98 Å². The SMILES string of the molecule is COc1cc(OC)c(-c2c(C)c(-c3ccc(Cl)cc3Cl)nc(N)c2C#N)c(OC)c1. The van der Waals surface area contributed by atoms with E-state index in [9.17, 15) is 5.26 Å². The zero-order valence-corrected chi connectivity index (χ0v) is 18.4. The fourth-order valence-electron chi connectivity index (χ4n) is 3.32. The highest BCUT2D eigenvalue weighted by molar-refractivity contribution is 6.36. The number of nitriles is 1. The molecule has 2 N–H and O–H groups in total. The van der Waals surface area contributed by atoms with Gasteiger partial charge in [-0.3, -0.25) is 0 Å². The van der Waals surface area contributed by atoms with Crippen molar-refractivity contribution in [3.05, 3.63) is 51.5 Å². The van der Waals surface area contributed by atoms with Crippen LogP contribution in [-0.2, 0) is 0 Å². The van der Waals surface area contributed by atoms with Crippen molar-refractivity contribution in [2.75, 3.05) is 27.1 Å². The lowest BCUT2D eigenvalue weighted by molar-refractivity contribution is 0.377. The van der Waals surface area contributed by atoms with Gasteiger partial charge in [0.2, 0.25) is 0 Å². The number of aromatic nitrogens is 1. The van der Waals surface area contributed by atoms with Crippen LogP contribution in [0.5, 0.6) is 17.2 Å². The van der Waals surface area contributed by atoms with Crippen LogP contribution < -0.4 is 19.9 Å². The fraction of sp³-hybridized carbons (Fsp3) is 0.182. The van der Waals surface area contributed by atoms with Crippen LogP contribution in [0.1, 0.15) is 11.1 Å². The van der Waals surface area contributed by atoms with Gasteiger partial charge >= 0.3 is 0 Å². The molecule has 0 unspecified atom stereocenters. The summed E-state index contributed by atoms with van der Waals surface area (Å²) >= 11 is 12.5. The van der Waals surface area contributed by atoms with Gasteiger partial charge in [0.05, 0.1) is 37.6 Å². The van der Waals surface area contributed by atoms with Crippen LogP contribution >= 0.6 is 23.2 Å². The number of nitrogens with zero attached hydrogens (tertiary/aromatic N) is 2. The Morgan fingerprint density at radius 2 is 1.60 bits per heavy atom. The summed E-state index contributed by atoms with van der Waals surface area (Å²) < 4.78 is 16.5. The molecule has 0 aliphatic carbocycles. The second-order valence-electron chi connectivity index (χ2n) is 6.36. The summed E-state index contributed by atoms with van der Waals surface area (Å²) in [5.74, 6) is 1.54. The normalized spacial score (nSPS) is 10.4. The van der Waals surface area contributed by atoms with Crippen LogP contribution in [0.4, 0.5) is 5.82 Å². The standard InChI is InChI=1S/C22H19Cl2N3O3/c1-11-19(20-17(29-3)8-13(28-2)9-18(20)30-4)15(10-25)22(26)27-21(11)14-6-5-12(23)7-16(14)24/h5-9H,1-4H3,(H2,26,27). The molecular weight excluding hydrogens is 425 g/mol. The summed E-state index contributed by atoms with van der Waals surface area (Å²) in [5, 5.41) is 10.8. The van der Waals surface area contributed by atoms with Gasteiger partial charge in [-0.2, -0.15) is 5.26 Å². The molecule has 8 heteroatoms. The van der Waals surface area contributed by atoms with Gasteiger partial charge in [0.25, 0.3) is 0 Å². The molecule has 30 heavy (non-hydrogen) atoms. The van der Waals surface area contributed by atoms with Gasteiger partial charge in [-0.1, -0.05) is 23.2 Å². The lowest BCUT2D eigenvalue weighted by Gasteiger charge is -2.20. The number of rotatable bonds is 5. The van der Waals surface area contributed by atoms with E-state index in [1.54, 1.807) is 37.4 Å². The number of hydrogen-bond acceptors (Lipinski definition) is 6. The molecule has 3 aromatic rings. The van der Waals surface area contributed by atoms with E-state index in [1.807, 2.05) is 6.92 Å². The monoisotopic (exact) mass is 443 g/mol. The van der Waals surface area contributed by atoms with Crippen LogP contribution in [0, 0.1) is 18.3 Å². The molecule has 154 valence electrons. The largest absolute Gasteiger partial charge is 0.496 e. The van der Waals surface area contributed by atoms with Crippen LogP contribution in [0.3, 0.4) is 0 Å². The van der Waals surface area contributed by atoms with Gasteiger partial charge in [-0.05, 0) is 30.7 Å². The number of ether oxygens (including phenoxy) is 3. The van der Waals surface area contributed by atoms with Crippen molar-refractivity contribution in [3.63, 3.8) is 0 Å². The predicted octanol–water partition coefficient (Wildman–Crippen LogP) is 5.51. The zero-order chi connectivity index (χ0) is 22.0. The third-order valence-corrected chi connectivity index (χ3v) is 5.28. The molecule has 0 saturated carbocycles. The number of hydrogen-bond donors (Lipinski definition) is 1. The Kier molecular flexibility index (Phi) is 6.25. The summed E-state index contributed by atoms with van der Waals surface area (Å²) in [4.78, 5) is 4.46. The third kappa shape index (κ3) is 3.70. The van der Waals surface area contributed by atoms with Crippen LogP contribution in [0.15, 0.2) is 30.3 Å². The Hall–Kier alpha value is -3.14. The minimum atomic E-state index is 0.0686. The minimum absolute atomic E-state index is 0.0686. The van der Waals surface area contributed by atoms with Crippen molar-refractivity contribution < 1.29 is 14.2 Å². The number of methoxy groups -OCH3 is 3. The Labute approximate surface area is 184 Å². The molecule has 1 aromatic heterocycles. The number of halogens is 2. The number of pyridine rings is 1. The van der Waals surface area contributed by atoms with Crippen molar-refractivity contribution >= 4 is 29.0 Å². The smallest absolute Gasteiger partial charge is 0.142 e. The van der Waals surface area contributed by atoms with Gasteiger partial charge in [-0.25, -0.2) is 4.98 Å². The zero-order valence-electron chi connectivity index (χ0n) is 16.8. The van der Waals surface area contributed by atoms with Crippen LogP contribution in [-0.4, -0.2) is 26.3 Å². The highest BCUT2D eigenvalue weighted by Crippen LogP contribution is 2.47. The van der Waals surface area contributed by atoms with E-state index in [-0.39, 0.29) is 11.4 Å². The molecule has 0 aliphatic heterocycles. The molecule has 0 bridgehead atoms. The van der Waals surface area contributed by atoms with Crippen molar-refractivity contribution in [2.45, 2.75) is 6.92 Å². The van der Waals surface area contributed by atoms with E-state index in [0.29, 0.717) is 55.2 Å². The summed E-state index contributed by atoms with van der Waals surface area (Å²) in [6.07, 6.45) is 0. The van der Waals surface area contributed by atoms with Crippen LogP contribution in [0.25, 0.3) is 22.4 Å². The second kappa shape index (κ2) is 8.70. The lowest BCUT2D eigenvalue weighted by Crippen LogP contribution is -2.05. The van der Waals surface area contributed by atoms with Gasteiger partial charge in [0.1, 0.15) is 34.7 Å². The molecule has 1 heterocycles. The average Bonchev–Trinajstić information content (AvgIpc) is 2.74. The van der Waals surface area contributed by atoms with E-state index in [1.165, 1.54) is 14.2 Å². The summed E-state index contributed by atoms with van der Waals surface area (Å²) in [7, 11) is 4.60. The number of anilines is 1. The lowest BCUT2D eigenvalue weighted by atomic mass is 9.91. The fourth-order valence-corrected chi connectivity index (χ4v) is 3.81. The van der Waals surface area contributed by atoms with E-state index in [0.717, 1.165) is 0 Å². The maximum Gasteiger partial charge on any atom is 0.142 e. The van der Waals surface area contributed by atoms with Gasteiger partial charge in [0, 0.05) is 28.3 Å². The molecular formula is C22H19Cl2N3O3. The van der Waals surface area contributed by atoms with Gasteiger partial charge < -0.3 is 19.9 Å². The Morgan fingerprint density at radius 3 is 2.10 bits per heavy atom. The molecule has 0 saturated heterocycles. The minimum Gasteiger partial charge on any atom is -0.496 e. The molecule has 6 nitrogen and oxygen atoms in total. The van der Waals surface area contributed by atoms with E-state index < -0.39 is 0 Å². The third-order valence-electron chi connectivity index (χ3n) is 4.73. The molecule has 3 rings (SSSR count). The summed E-state index contributed by atoms with van der Waals surface area (Å²) in [6.45, 7) is 1.84. The first-order chi connectivity index (χ1) is 14.4. The van der Waals surface area contributed by atoms with Crippen molar-refractivity contribution in [2.24, 2.45) is 0 Å². The maximum atomic E-state index is 9.85. The number of nitrogen functional groups attached to an aromatic ring is 1. The molecule has 0 radical (unpaired) electrons. The van der Waals surface area contributed by atoms with Crippen LogP contribution in [0.2, 0.25) is 10.0 Å². The summed E-state index contributed by atoms with van der Waals surface area (Å²) in [5.41, 5.74) is 9.37. The first kappa shape index (κ1) is 21.6. The molecule has 0 amide bonds. The predicted molar refractivity (Wildman–Crippen MR) is 119 cm³/mol. The molecule has 0 spiro atoms. The molecule has 2 aromatic carbocycles. The molecule has 0 aliphatic rings. The highest BCUT2D eigenvalue weighted by Gasteiger charge is 2.25. The second-order valence-corrected chi connectivity index (χ2v) is 7.21. The van der Waals surface area contributed by atoms with Gasteiger partial charge in [-0.15, -0.1) is 0 Å². The maximum absolute atomic E-state index is 9.85. The molecule has 0 atom stereocenters. The first-order valence-corrected chi connectivity index (χ1v) is 9.57. The highest BCUT2D eigenvalue weighted by atomic mass is 35.5. The Morgan fingerprint density at radius 1 is 0.967 bits per heavy atom. The number of benzene rings is 2. The van der Waals surface area contributed by atoms with E-state index in [2.05, 4.69) is 11.1 Å². The Bertz CT molecular complexity index is 1150. The van der Waals surface area contributed by atoms with Crippen molar-refractivity contribution in [3.8, 4) is 45.7 Å².